The number of ether oxygens (including phenoxy) is 23. The summed E-state index contributed by atoms with van der Waals surface area (Å²) in [6, 6.07) is -9.88. The summed E-state index contributed by atoms with van der Waals surface area (Å²) in [5.41, 5.74) is 0. The maximum absolute atomic E-state index is 13.5. The molecular formula is C82H137N5O61. The summed E-state index contributed by atoms with van der Waals surface area (Å²) in [7, 11) is 0. The SMILES string of the molecule is CC(=O)N[C@H]1[C@H](OC[C@H]2O[C@H](OC[C@H]3O[C@@H](O[C@H]4[C@H](O)[C@@H](NC(C)=O)C(O)O[C@@H]4CO)[C@@H](O)[C@@H](O[C@H]4O[C@H](CO)[C@@H](O)[C@H](O)[C@@H]4O[C@@H]4O[C@H](CO)[C@@H](O[C@@H]5O[C@H](CO)[C@H](O)[C@H](O)[C@H]5O)[C@H](O)[C@H]4NC(C)=O)[C@@H]3O)[C@@H](O[C@@H]3O[C@H](CO)[C@@H](O[C@@H]4O[C@H](CO)[C@H](O)[C@H](O[C@@H]5O[C@H](CO)[C@@H](O[C@@H]6O[C@H](CO)[C@H](O)[C@H](O)[C@H]6O)[C@H](O)[C@H]5NC(C)=O)[C@H]4O)[C@H](O)[C@H]3NC(C)=O)[C@@H](O)[C@@H]2O)O[C@H](CO)[C@@H](O[C@@H]2O[C@H](CO)[C@H](O)[C@H](O)[C@H]2O)[C@@H]1O. The maximum Gasteiger partial charge on any atom is 0.217 e. The third-order valence-corrected chi connectivity index (χ3v) is 27.1. The van der Waals surface area contributed by atoms with Gasteiger partial charge in [0.2, 0.25) is 29.5 Å². The van der Waals surface area contributed by atoms with Crippen LogP contribution in [0, 0.1) is 0 Å². The number of aliphatic hydroxyl groups excluding tert-OH is 33. The molecule has 0 aromatic heterocycles. The van der Waals surface area contributed by atoms with Crippen molar-refractivity contribution in [1.82, 2.24) is 26.6 Å². The van der Waals surface area contributed by atoms with E-state index in [1.807, 2.05) is 0 Å². The first-order valence-corrected chi connectivity index (χ1v) is 47.2. The van der Waals surface area contributed by atoms with Crippen LogP contribution in [0.2, 0.25) is 0 Å². The van der Waals surface area contributed by atoms with Crippen LogP contribution in [0.3, 0.4) is 0 Å². The number of hydrogen-bond donors (Lipinski definition) is 38. The predicted molar refractivity (Wildman–Crippen MR) is 453 cm³/mol. The highest BCUT2D eigenvalue weighted by Crippen LogP contribution is 2.43. The second-order valence-electron chi connectivity index (χ2n) is 37.4. The van der Waals surface area contributed by atoms with Crippen molar-refractivity contribution in [3.05, 3.63) is 0 Å². The Labute approximate surface area is 837 Å². The van der Waals surface area contributed by atoms with Gasteiger partial charge in [0.05, 0.1) is 79.3 Å². The first-order chi connectivity index (χ1) is 70.1. The molecule has 12 saturated heterocycles. The standard InChI is InChI=1S/C82H137N5O61/c1-18(98)83-35-47(110)62(28(11-93)128-71(35)125)143-80-61(124)68(146-82-70(55(118)43(106)26(9-91)133-82)148-75-39(87-22(5)102)50(113)65(31(14-96)137-75)142-78-59(122)54(117)42(105)25(8-90)131-78)46(109)34(138-80)17-127-81-69(56(119)44(107)33(139-81)16-126-72-36(84-19(2)99)48(111)63(29(12-94)134-72)140-76-57(120)52(115)40(103)23(6-88)129-76)147-74-38(86-21(4)101)51(114)66(32(15-97)136-74)144-79-60(123)67(45(108)27(10-92)132-79)145-73-37(85-20(3)100)49(112)64(30(13-95)135-73)141-77-58(121)53(116)41(104)24(7-89)130-77/h23-82,88-97,103-125H,6-17H2,1-5H3,(H,83,98)(H,84,99)(H,85,100)(H,86,101)(H,87,102)/t23-,24-,25-,26-,27-,28-,29-,30-,31-,32-,33-,34-,35-,36-,37-,38-,39-,40+,41+,42+,43-,44-,45+,46-,47-,48-,49-,50-,51-,52+,53+,54+,55+,56+,57-,58-,59-,60-,61+,62-,63-,64-,65-,66-,67+,68+,69+,70+,71?,72-,73+,74+,75+,76+,77+,78+,79+,80+,81+,82-/m1/s1. The molecule has 66 heteroatoms. The van der Waals surface area contributed by atoms with Crippen molar-refractivity contribution >= 4 is 29.5 Å². The molecular weight excluding hydrogens is 2030 g/mol. The number of rotatable bonds is 39. The Balaban J connectivity index is 0.872. The van der Waals surface area contributed by atoms with Crippen molar-refractivity contribution in [3.63, 3.8) is 0 Å². The van der Waals surface area contributed by atoms with E-state index in [-0.39, 0.29) is 0 Å². The van der Waals surface area contributed by atoms with Crippen LogP contribution in [0.1, 0.15) is 34.6 Å². The molecule has 38 N–H and O–H groups in total. The molecule has 12 rings (SSSR count). The minimum Gasteiger partial charge on any atom is -0.394 e. The number of hydrogen-bond acceptors (Lipinski definition) is 61. The first-order valence-electron chi connectivity index (χ1n) is 47.2. The summed E-state index contributed by atoms with van der Waals surface area (Å²) in [6.45, 7) is -9.37. The molecule has 12 aliphatic rings. The quantitative estimate of drug-likeness (QED) is 0.0272. The van der Waals surface area contributed by atoms with Gasteiger partial charge in [0, 0.05) is 34.6 Å². The number of carbonyl (C=O) groups is 5. The summed E-state index contributed by atoms with van der Waals surface area (Å²) in [5.74, 6) is -4.92. The summed E-state index contributed by atoms with van der Waals surface area (Å²) in [4.78, 5) is 65.1. The molecule has 1 unspecified atom stereocenters. The van der Waals surface area contributed by atoms with E-state index in [1.165, 1.54) is 0 Å². The fourth-order valence-electron chi connectivity index (χ4n) is 19.2. The Morgan fingerprint density at radius 3 is 0.689 bits per heavy atom. The van der Waals surface area contributed by atoms with E-state index in [0.29, 0.717) is 0 Å². The molecule has 0 saturated carbocycles. The zero-order valence-electron chi connectivity index (χ0n) is 79.3. The lowest BCUT2D eigenvalue weighted by Crippen LogP contribution is -2.70. The van der Waals surface area contributed by atoms with Crippen LogP contribution in [-0.2, 0) is 133 Å². The van der Waals surface area contributed by atoms with Crippen LogP contribution >= 0.6 is 0 Å². The molecule has 12 heterocycles. The van der Waals surface area contributed by atoms with Gasteiger partial charge < -0.3 is 304 Å². The first kappa shape index (κ1) is 122. The summed E-state index contributed by atoms with van der Waals surface area (Å²) in [5, 5.41) is 383. The van der Waals surface area contributed by atoms with E-state index in [2.05, 4.69) is 26.6 Å². The van der Waals surface area contributed by atoms with Crippen molar-refractivity contribution in [2.24, 2.45) is 0 Å². The van der Waals surface area contributed by atoms with E-state index in [1.54, 1.807) is 0 Å². The van der Waals surface area contributed by atoms with Gasteiger partial charge in [-0.2, -0.15) is 0 Å². The molecule has 148 heavy (non-hydrogen) atoms. The zero-order chi connectivity index (χ0) is 109. The van der Waals surface area contributed by atoms with Crippen LogP contribution in [0.4, 0.5) is 0 Å². The topological polar surface area (TPSA) is 1030 Å². The molecule has 0 bridgehead atoms. The van der Waals surface area contributed by atoms with E-state index in [9.17, 15) is 192 Å². The smallest absolute Gasteiger partial charge is 0.217 e. The highest BCUT2D eigenvalue weighted by atomic mass is 16.8. The van der Waals surface area contributed by atoms with Crippen molar-refractivity contribution in [1.29, 1.82) is 0 Å². The summed E-state index contributed by atoms with van der Waals surface area (Å²) in [6.07, 6.45) is -119. The highest BCUT2D eigenvalue weighted by molar-refractivity contribution is 5.75. The second kappa shape index (κ2) is 53.4. The number of nitrogens with one attached hydrogen (secondary N) is 5. The number of amides is 5. The summed E-state index contributed by atoms with van der Waals surface area (Å²) >= 11 is 0. The van der Waals surface area contributed by atoms with Gasteiger partial charge in [-0.3, -0.25) is 24.0 Å². The van der Waals surface area contributed by atoms with Crippen molar-refractivity contribution in [2.45, 2.75) is 403 Å². The van der Waals surface area contributed by atoms with E-state index in [0.717, 1.165) is 34.6 Å². The lowest BCUT2D eigenvalue weighted by molar-refractivity contribution is -0.398. The van der Waals surface area contributed by atoms with E-state index < -0.39 is 477 Å². The maximum atomic E-state index is 13.5. The van der Waals surface area contributed by atoms with Gasteiger partial charge in [-0.05, 0) is 0 Å². The van der Waals surface area contributed by atoms with Crippen LogP contribution in [0.5, 0.6) is 0 Å². The molecule has 12 fully saturated rings. The average Bonchev–Trinajstić information content (AvgIpc) is 0.763. The van der Waals surface area contributed by atoms with Crippen LogP contribution in [-0.4, -0.2) is 645 Å². The second-order valence-corrected chi connectivity index (χ2v) is 37.4. The minimum atomic E-state index is -2.64. The summed E-state index contributed by atoms with van der Waals surface area (Å²) < 4.78 is 137. The predicted octanol–water partition coefficient (Wildman–Crippen LogP) is -26.4. The van der Waals surface area contributed by atoms with Crippen molar-refractivity contribution in [3.8, 4) is 0 Å². The molecule has 0 aromatic rings. The van der Waals surface area contributed by atoms with Crippen LogP contribution in [0.15, 0.2) is 0 Å². The Morgan fingerprint density at radius 1 is 0.176 bits per heavy atom. The van der Waals surface area contributed by atoms with Gasteiger partial charge in [-0.1, -0.05) is 0 Å². The number of aliphatic hydroxyl groups is 33. The van der Waals surface area contributed by atoms with E-state index >= 15 is 0 Å². The lowest BCUT2D eigenvalue weighted by atomic mass is 9.94. The average molecular weight is 2170 g/mol. The molecule has 60 atom stereocenters. The van der Waals surface area contributed by atoms with Gasteiger partial charge in [0.15, 0.2) is 75.5 Å². The van der Waals surface area contributed by atoms with Gasteiger partial charge in [0.25, 0.3) is 0 Å². The molecule has 66 nitrogen and oxygen atoms in total. The monoisotopic (exact) mass is 2170 g/mol. The van der Waals surface area contributed by atoms with Gasteiger partial charge in [-0.25, -0.2) is 0 Å². The minimum absolute atomic E-state index is 0.852. The van der Waals surface area contributed by atoms with Crippen LogP contribution in [0.25, 0.3) is 0 Å². The van der Waals surface area contributed by atoms with Crippen LogP contribution < -0.4 is 26.6 Å². The molecule has 0 aromatic carbocycles. The lowest BCUT2D eigenvalue weighted by Gasteiger charge is -2.51. The fraction of sp³-hybridized carbons (Fsp3) is 0.939. The number of carbonyl (C=O) groups excluding carboxylic acids is 5. The Kier molecular flexibility index (Phi) is 43.9. The molecule has 0 spiro atoms. The molecule has 856 valence electrons. The van der Waals surface area contributed by atoms with Gasteiger partial charge in [0.1, 0.15) is 293 Å². The zero-order valence-corrected chi connectivity index (χ0v) is 79.3. The third-order valence-electron chi connectivity index (χ3n) is 27.1. The molecule has 0 aliphatic carbocycles. The Hall–Kier alpha value is -4.89. The largest absolute Gasteiger partial charge is 0.394 e. The van der Waals surface area contributed by atoms with E-state index in [4.69, 9.17) is 109 Å². The van der Waals surface area contributed by atoms with Gasteiger partial charge in [-0.15, -0.1) is 0 Å². The van der Waals surface area contributed by atoms with Crippen molar-refractivity contribution < 1.29 is 301 Å². The molecule has 0 radical (unpaired) electrons. The fourth-order valence-corrected chi connectivity index (χ4v) is 19.2. The molecule has 12 aliphatic heterocycles. The highest BCUT2D eigenvalue weighted by Gasteiger charge is 2.64. The Morgan fingerprint density at radius 2 is 0.372 bits per heavy atom. The van der Waals surface area contributed by atoms with Crippen molar-refractivity contribution in [2.75, 3.05) is 79.3 Å². The molecule has 5 amide bonds. The third kappa shape index (κ3) is 26.9. The normalized spacial score (nSPS) is 49.3. The van der Waals surface area contributed by atoms with Gasteiger partial charge >= 0.3 is 0 Å². The Bertz CT molecular complexity index is 4130.